The zero-order chi connectivity index (χ0) is 22.1. The molecule has 6 atom stereocenters. The van der Waals surface area contributed by atoms with Crippen molar-refractivity contribution in [3.05, 3.63) is 30.2 Å². The van der Waals surface area contributed by atoms with Crippen LogP contribution >= 0.6 is 0 Å². The number of fused-ring (bicyclic) bond motifs is 4. The van der Waals surface area contributed by atoms with Gasteiger partial charge in [0.15, 0.2) is 0 Å². The van der Waals surface area contributed by atoms with Gasteiger partial charge in [-0.1, -0.05) is 27.4 Å². The van der Waals surface area contributed by atoms with Crippen molar-refractivity contribution in [1.82, 2.24) is 0 Å². The summed E-state index contributed by atoms with van der Waals surface area (Å²) in [5, 5.41) is 12.5. The monoisotopic (exact) mass is 416 g/mol. The van der Waals surface area contributed by atoms with Crippen LogP contribution in [0.5, 0.6) is 0 Å². The van der Waals surface area contributed by atoms with Crippen LogP contribution in [0, 0.1) is 22.7 Å². The number of carbonyl (C=O) groups is 2. The van der Waals surface area contributed by atoms with E-state index >= 15 is 0 Å². The van der Waals surface area contributed by atoms with Crippen molar-refractivity contribution in [2.45, 2.75) is 78.1 Å². The van der Waals surface area contributed by atoms with Crippen molar-refractivity contribution < 1.29 is 28.6 Å². The van der Waals surface area contributed by atoms with Crippen LogP contribution in [0.15, 0.2) is 23.3 Å². The first kappa shape index (κ1) is 21.2. The Morgan fingerprint density at radius 2 is 1.80 bits per heavy atom. The number of esters is 2. The zero-order valence-electron chi connectivity index (χ0n) is 18.5. The van der Waals surface area contributed by atoms with E-state index in [4.69, 9.17) is 13.9 Å². The number of furan rings is 1. The van der Waals surface area contributed by atoms with Crippen molar-refractivity contribution in [3.63, 3.8) is 0 Å². The number of allylic oxidation sites excluding steroid dienone is 1. The molecule has 1 aromatic heterocycles. The highest BCUT2D eigenvalue weighted by molar-refractivity contribution is 5.70. The fourth-order valence-corrected chi connectivity index (χ4v) is 6.88. The van der Waals surface area contributed by atoms with Crippen LogP contribution in [0.3, 0.4) is 0 Å². The Morgan fingerprint density at radius 3 is 2.43 bits per heavy atom. The Kier molecular flexibility index (Phi) is 4.73. The molecule has 1 aromatic rings. The number of hydrogen-bond donors (Lipinski definition) is 1. The first-order valence-electron chi connectivity index (χ1n) is 10.8. The van der Waals surface area contributed by atoms with E-state index in [1.54, 1.807) is 6.26 Å². The lowest BCUT2D eigenvalue weighted by molar-refractivity contribution is -0.311. The fraction of sp³-hybridized carbons (Fsp3) is 0.667. The predicted octanol–water partition coefficient (Wildman–Crippen LogP) is 3.91. The van der Waals surface area contributed by atoms with Gasteiger partial charge in [-0.2, -0.15) is 0 Å². The highest BCUT2D eigenvalue weighted by atomic mass is 16.6. The van der Waals surface area contributed by atoms with Crippen LogP contribution in [0.4, 0.5) is 0 Å². The Balaban J connectivity index is 1.92. The highest BCUT2D eigenvalue weighted by Crippen LogP contribution is 2.67. The minimum Gasteiger partial charge on any atom is -0.469 e. The molecule has 6 heteroatoms. The van der Waals surface area contributed by atoms with Gasteiger partial charge in [0, 0.05) is 31.2 Å². The van der Waals surface area contributed by atoms with Crippen LogP contribution in [-0.4, -0.2) is 34.9 Å². The maximum absolute atomic E-state index is 12.5. The van der Waals surface area contributed by atoms with E-state index in [1.165, 1.54) is 13.8 Å². The summed E-state index contributed by atoms with van der Waals surface area (Å²) in [6, 6.07) is 1.92. The highest BCUT2D eigenvalue weighted by Gasteiger charge is 2.73. The molecule has 0 aliphatic heterocycles. The van der Waals surface area contributed by atoms with Crippen LogP contribution in [0.1, 0.15) is 65.2 Å². The molecule has 3 aliphatic carbocycles. The predicted molar refractivity (Wildman–Crippen MR) is 110 cm³/mol. The number of rotatable bonds is 2. The smallest absolute Gasteiger partial charge is 0.303 e. The van der Waals surface area contributed by atoms with Gasteiger partial charge in [0.2, 0.25) is 0 Å². The molecular weight excluding hydrogens is 384 g/mol. The first-order chi connectivity index (χ1) is 13.9. The topological polar surface area (TPSA) is 86.0 Å². The molecule has 0 aromatic carbocycles. The molecular formula is C24H32O6. The lowest BCUT2D eigenvalue weighted by Crippen LogP contribution is -2.76. The third-order valence-corrected chi connectivity index (χ3v) is 8.30. The summed E-state index contributed by atoms with van der Waals surface area (Å²) in [5.41, 5.74) is -0.855. The van der Waals surface area contributed by atoms with Crippen LogP contribution in [0.25, 0.3) is 5.57 Å². The molecule has 2 fully saturated rings. The van der Waals surface area contributed by atoms with Gasteiger partial charge in [-0.25, -0.2) is 0 Å². The van der Waals surface area contributed by atoms with Gasteiger partial charge >= 0.3 is 11.9 Å². The summed E-state index contributed by atoms with van der Waals surface area (Å²) in [6.45, 7) is 13.1. The average Bonchev–Trinajstić information content (AvgIpc) is 3.11. The molecule has 4 rings (SSSR count). The molecule has 1 N–H and O–H groups in total. The molecule has 1 heterocycles. The maximum atomic E-state index is 12.5. The summed E-state index contributed by atoms with van der Waals surface area (Å²) < 4.78 is 17.4. The van der Waals surface area contributed by atoms with E-state index < -0.39 is 34.6 Å². The van der Waals surface area contributed by atoms with Crippen LogP contribution < -0.4 is 0 Å². The molecule has 0 spiro atoms. The number of ether oxygens (including phenoxy) is 2. The molecule has 164 valence electrons. The van der Waals surface area contributed by atoms with Crippen molar-refractivity contribution in [2.24, 2.45) is 22.7 Å². The molecule has 0 bridgehead atoms. The molecule has 0 unspecified atom stereocenters. The van der Waals surface area contributed by atoms with Gasteiger partial charge in [0.05, 0.1) is 6.26 Å². The third kappa shape index (κ3) is 2.65. The standard InChI is InChI=1S/C24H32O6/c1-13-16-8-10-28-19(16)12-18-17(13)11-21(30-15(3)26)24(27)22(4,5)9-7-20(23(18,24)6)29-14(2)25/h8,10,17-18,20-21,27H,1,7,9,11-12H2,2-6H3/t17-,18-,20+,21-,23+,24+/m0/s1. The lowest BCUT2D eigenvalue weighted by atomic mass is 9.40. The van der Waals surface area contributed by atoms with Crippen molar-refractivity contribution >= 4 is 17.5 Å². The summed E-state index contributed by atoms with van der Waals surface area (Å²) in [4.78, 5) is 24.1. The second-order valence-electron chi connectivity index (χ2n) is 10.1. The van der Waals surface area contributed by atoms with Gasteiger partial charge in [0.1, 0.15) is 23.6 Å². The fourth-order valence-electron chi connectivity index (χ4n) is 6.88. The van der Waals surface area contributed by atoms with E-state index in [0.29, 0.717) is 25.7 Å². The Hall–Kier alpha value is -2.08. The number of hydrogen-bond acceptors (Lipinski definition) is 6. The third-order valence-electron chi connectivity index (χ3n) is 8.30. The second kappa shape index (κ2) is 6.71. The molecule has 6 nitrogen and oxygen atoms in total. The van der Waals surface area contributed by atoms with E-state index in [2.05, 4.69) is 6.58 Å². The van der Waals surface area contributed by atoms with E-state index in [-0.39, 0.29) is 17.8 Å². The van der Waals surface area contributed by atoms with E-state index in [0.717, 1.165) is 16.9 Å². The van der Waals surface area contributed by atoms with Crippen LogP contribution in [0.2, 0.25) is 0 Å². The average molecular weight is 417 g/mol. The SMILES string of the molecule is C=C1c2ccoc2C[C@H]2[C@H]1C[C@H](OC(C)=O)[C@@]1(O)C(C)(C)CC[C@@H](OC(C)=O)[C@@]21C. The summed E-state index contributed by atoms with van der Waals surface area (Å²) in [6.07, 6.45) is 2.84. The van der Waals surface area contributed by atoms with Gasteiger partial charge in [0.25, 0.3) is 0 Å². The molecule has 0 radical (unpaired) electrons. The van der Waals surface area contributed by atoms with Gasteiger partial charge in [-0.15, -0.1) is 0 Å². The summed E-state index contributed by atoms with van der Waals surface area (Å²) in [7, 11) is 0. The Bertz CT molecular complexity index is 897. The van der Waals surface area contributed by atoms with Crippen molar-refractivity contribution in [1.29, 1.82) is 0 Å². The molecule has 2 saturated carbocycles. The van der Waals surface area contributed by atoms with Gasteiger partial charge < -0.3 is 19.0 Å². The summed E-state index contributed by atoms with van der Waals surface area (Å²) >= 11 is 0. The van der Waals surface area contributed by atoms with E-state index in [9.17, 15) is 14.7 Å². The minimum absolute atomic E-state index is 0.0170. The summed E-state index contributed by atoms with van der Waals surface area (Å²) in [5.74, 6) is -0.0328. The number of carbonyl (C=O) groups excluding carboxylic acids is 2. The van der Waals surface area contributed by atoms with Gasteiger partial charge in [-0.3, -0.25) is 9.59 Å². The number of aliphatic hydroxyl groups is 1. The minimum atomic E-state index is -1.38. The Morgan fingerprint density at radius 1 is 1.17 bits per heavy atom. The first-order valence-corrected chi connectivity index (χ1v) is 10.8. The zero-order valence-corrected chi connectivity index (χ0v) is 18.5. The molecule has 3 aliphatic rings. The van der Waals surface area contributed by atoms with Gasteiger partial charge in [-0.05, 0) is 48.2 Å². The Labute approximate surface area is 177 Å². The lowest BCUT2D eigenvalue weighted by Gasteiger charge is -2.68. The molecule has 30 heavy (non-hydrogen) atoms. The van der Waals surface area contributed by atoms with E-state index in [1.807, 2.05) is 26.8 Å². The molecule has 0 saturated heterocycles. The van der Waals surface area contributed by atoms with Crippen molar-refractivity contribution in [3.8, 4) is 0 Å². The second-order valence-corrected chi connectivity index (χ2v) is 10.1. The normalized spacial score (nSPS) is 39.3. The van der Waals surface area contributed by atoms with Crippen LogP contribution in [-0.2, 0) is 25.5 Å². The quantitative estimate of drug-likeness (QED) is 0.736. The van der Waals surface area contributed by atoms with Crippen molar-refractivity contribution in [2.75, 3.05) is 0 Å². The maximum Gasteiger partial charge on any atom is 0.303 e. The molecule has 0 amide bonds. The largest absolute Gasteiger partial charge is 0.469 e.